The molecule has 2 rings (SSSR count). The number of fused-ring (bicyclic) bond motifs is 1. The number of amides is 1. The Morgan fingerprint density at radius 1 is 1.42 bits per heavy atom. The van der Waals surface area contributed by atoms with Crippen molar-refractivity contribution < 1.29 is 4.79 Å². The molecule has 1 heterocycles. The number of carbonyl (C=O) groups excluding carboxylic acids is 1. The maximum Gasteiger partial charge on any atom is 0.231 e. The molecule has 0 unspecified atom stereocenters. The van der Waals surface area contributed by atoms with Crippen molar-refractivity contribution in [3.63, 3.8) is 0 Å². The first-order chi connectivity index (χ1) is 8.96. The van der Waals surface area contributed by atoms with Gasteiger partial charge in [-0.3, -0.25) is 4.79 Å². The first kappa shape index (κ1) is 14.0. The Hall–Kier alpha value is -1.39. The minimum atomic E-state index is -0.0546. The summed E-state index contributed by atoms with van der Waals surface area (Å²) in [5.41, 5.74) is 9.11. The van der Waals surface area contributed by atoms with Crippen LogP contribution in [0.1, 0.15) is 25.0 Å². The predicted octanol–water partition coefficient (Wildman–Crippen LogP) is 1.28. The molecule has 1 aromatic carbocycles. The van der Waals surface area contributed by atoms with E-state index in [1.165, 1.54) is 5.56 Å². The second-order valence-corrected chi connectivity index (χ2v) is 6.02. The average Bonchev–Trinajstić information content (AvgIpc) is 2.65. The molecule has 0 bridgehead atoms. The number of nitrogens with zero attached hydrogens (tertiary/aromatic N) is 1. The van der Waals surface area contributed by atoms with Gasteiger partial charge in [-0.25, -0.2) is 0 Å². The second-order valence-electron chi connectivity index (χ2n) is 6.02. The monoisotopic (exact) mass is 261 g/mol. The van der Waals surface area contributed by atoms with Gasteiger partial charge in [-0.05, 0) is 36.2 Å². The van der Waals surface area contributed by atoms with Gasteiger partial charge in [0.1, 0.15) is 0 Å². The van der Waals surface area contributed by atoms with Crippen molar-refractivity contribution in [1.29, 1.82) is 0 Å². The van der Waals surface area contributed by atoms with Crippen LogP contribution >= 0.6 is 0 Å². The zero-order valence-electron chi connectivity index (χ0n) is 12.0. The fourth-order valence-corrected chi connectivity index (χ4v) is 2.42. The van der Waals surface area contributed by atoms with Gasteiger partial charge in [-0.15, -0.1) is 0 Å². The Morgan fingerprint density at radius 3 is 2.79 bits per heavy atom. The van der Waals surface area contributed by atoms with E-state index >= 15 is 0 Å². The summed E-state index contributed by atoms with van der Waals surface area (Å²) in [4.78, 5) is 14.0. The normalized spacial score (nSPS) is 14.9. The summed E-state index contributed by atoms with van der Waals surface area (Å²) in [5.74, 6) is 0.179. The summed E-state index contributed by atoms with van der Waals surface area (Å²) in [5, 5.41) is 3.13. The highest BCUT2D eigenvalue weighted by atomic mass is 16.2. The summed E-state index contributed by atoms with van der Waals surface area (Å²) >= 11 is 0. The molecule has 0 saturated heterocycles. The molecular formula is C15H23N3O. The van der Waals surface area contributed by atoms with Crippen LogP contribution in [0.2, 0.25) is 0 Å². The van der Waals surface area contributed by atoms with E-state index in [1.807, 2.05) is 11.9 Å². The molecule has 4 nitrogen and oxygen atoms in total. The molecule has 4 heteroatoms. The van der Waals surface area contributed by atoms with Crippen molar-refractivity contribution in [2.45, 2.75) is 26.8 Å². The first-order valence-electron chi connectivity index (χ1n) is 6.74. The first-order valence-corrected chi connectivity index (χ1v) is 6.74. The maximum atomic E-state index is 12.2. The van der Waals surface area contributed by atoms with E-state index in [4.69, 9.17) is 5.73 Å². The van der Waals surface area contributed by atoms with Crippen LogP contribution in [-0.4, -0.2) is 26.0 Å². The van der Waals surface area contributed by atoms with Crippen molar-refractivity contribution in [1.82, 2.24) is 5.32 Å². The van der Waals surface area contributed by atoms with Crippen LogP contribution in [0.3, 0.4) is 0 Å². The van der Waals surface area contributed by atoms with E-state index < -0.39 is 0 Å². The van der Waals surface area contributed by atoms with E-state index in [0.29, 0.717) is 19.5 Å². The number of hydrogen-bond donors (Lipinski definition) is 2. The lowest BCUT2D eigenvalue weighted by atomic mass is 9.93. The van der Waals surface area contributed by atoms with Gasteiger partial charge in [0.15, 0.2) is 0 Å². The number of hydrogen-bond acceptors (Lipinski definition) is 3. The Morgan fingerprint density at radius 2 is 2.16 bits per heavy atom. The highest BCUT2D eigenvalue weighted by Crippen LogP contribution is 2.32. The quantitative estimate of drug-likeness (QED) is 0.839. The lowest BCUT2D eigenvalue weighted by Gasteiger charge is -2.29. The van der Waals surface area contributed by atoms with Crippen LogP contribution < -0.4 is 16.0 Å². The number of carbonyl (C=O) groups is 1. The van der Waals surface area contributed by atoms with Gasteiger partial charge >= 0.3 is 0 Å². The molecular weight excluding hydrogens is 238 g/mol. The SMILES string of the molecule is CNCc1ccc2c(c1)CC(=O)N2CC(C)(C)CN. The Labute approximate surface area is 115 Å². The minimum absolute atomic E-state index is 0.0546. The van der Waals surface area contributed by atoms with Gasteiger partial charge in [-0.1, -0.05) is 26.0 Å². The van der Waals surface area contributed by atoms with Crippen LogP contribution in [0, 0.1) is 5.41 Å². The Bertz CT molecular complexity index is 482. The zero-order chi connectivity index (χ0) is 14.0. The third kappa shape index (κ3) is 2.96. The molecule has 3 N–H and O–H groups in total. The van der Waals surface area contributed by atoms with Crippen molar-refractivity contribution in [2.24, 2.45) is 11.1 Å². The van der Waals surface area contributed by atoms with Crippen LogP contribution in [0.15, 0.2) is 18.2 Å². The molecule has 1 aliphatic rings. The van der Waals surface area contributed by atoms with Crippen molar-refractivity contribution in [2.75, 3.05) is 25.0 Å². The molecule has 0 spiro atoms. The van der Waals surface area contributed by atoms with E-state index in [2.05, 4.69) is 37.4 Å². The van der Waals surface area contributed by atoms with Gasteiger partial charge < -0.3 is 16.0 Å². The van der Waals surface area contributed by atoms with E-state index in [1.54, 1.807) is 0 Å². The fraction of sp³-hybridized carbons (Fsp3) is 0.533. The van der Waals surface area contributed by atoms with Crippen LogP contribution in [0.4, 0.5) is 5.69 Å². The van der Waals surface area contributed by atoms with Crippen LogP contribution in [0.25, 0.3) is 0 Å². The highest BCUT2D eigenvalue weighted by Gasteiger charge is 2.31. The van der Waals surface area contributed by atoms with Crippen LogP contribution in [-0.2, 0) is 17.8 Å². The topological polar surface area (TPSA) is 58.4 Å². The fourth-order valence-electron chi connectivity index (χ4n) is 2.42. The highest BCUT2D eigenvalue weighted by molar-refractivity contribution is 6.01. The van der Waals surface area contributed by atoms with Crippen LogP contribution in [0.5, 0.6) is 0 Å². The average molecular weight is 261 g/mol. The van der Waals surface area contributed by atoms with Gasteiger partial charge in [0.05, 0.1) is 6.42 Å². The summed E-state index contributed by atoms with van der Waals surface area (Å²) < 4.78 is 0. The second kappa shape index (κ2) is 5.31. The van der Waals surface area contributed by atoms with Crippen molar-refractivity contribution in [3.8, 4) is 0 Å². The lowest BCUT2D eigenvalue weighted by molar-refractivity contribution is -0.117. The molecule has 1 aromatic rings. The van der Waals surface area contributed by atoms with Gasteiger partial charge in [0, 0.05) is 18.8 Å². The van der Waals surface area contributed by atoms with E-state index in [0.717, 1.165) is 17.8 Å². The van der Waals surface area contributed by atoms with Gasteiger partial charge in [0.2, 0.25) is 5.91 Å². The van der Waals surface area contributed by atoms with Crippen molar-refractivity contribution >= 4 is 11.6 Å². The maximum absolute atomic E-state index is 12.2. The number of benzene rings is 1. The molecule has 0 atom stereocenters. The molecule has 0 radical (unpaired) electrons. The summed E-state index contributed by atoms with van der Waals surface area (Å²) in [6, 6.07) is 6.26. The van der Waals surface area contributed by atoms with E-state index in [-0.39, 0.29) is 11.3 Å². The molecule has 0 saturated carbocycles. The number of nitrogens with one attached hydrogen (secondary N) is 1. The Balaban J connectivity index is 2.24. The number of nitrogens with two attached hydrogens (primary N) is 1. The third-order valence-electron chi connectivity index (χ3n) is 3.60. The van der Waals surface area contributed by atoms with Gasteiger partial charge in [-0.2, -0.15) is 0 Å². The molecule has 1 amide bonds. The summed E-state index contributed by atoms with van der Waals surface area (Å²) in [6.07, 6.45) is 0.507. The third-order valence-corrected chi connectivity index (χ3v) is 3.60. The summed E-state index contributed by atoms with van der Waals surface area (Å²) in [6.45, 7) is 6.27. The molecule has 0 aromatic heterocycles. The standard InChI is InChI=1S/C15H23N3O/c1-15(2,9-16)10-18-13-5-4-11(8-17-3)6-12(13)7-14(18)19/h4-6,17H,7-10,16H2,1-3H3. The molecule has 1 aliphatic heterocycles. The molecule has 104 valence electrons. The predicted molar refractivity (Wildman–Crippen MR) is 78.1 cm³/mol. The smallest absolute Gasteiger partial charge is 0.231 e. The molecule has 19 heavy (non-hydrogen) atoms. The van der Waals surface area contributed by atoms with E-state index in [9.17, 15) is 4.79 Å². The number of rotatable bonds is 5. The minimum Gasteiger partial charge on any atom is -0.330 e. The largest absolute Gasteiger partial charge is 0.330 e. The molecule has 0 fully saturated rings. The summed E-state index contributed by atoms with van der Waals surface area (Å²) in [7, 11) is 1.93. The lowest BCUT2D eigenvalue weighted by Crippen LogP contribution is -2.40. The molecule has 0 aliphatic carbocycles. The van der Waals surface area contributed by atoms with Gasteiger partial charge in [0.25, 0.3) is 0 Å². The zero-order valence-corrected chi connectivity index (χ0v) is 12.0. The Kier molecular flexibility index (Phi) is 3.92. The number of anilines is 1. The van der Waals surface area contributed by atoms with Crippen molar-refractivity contribution in [3.05, 3.63) is 29.3 Å².